The van der Waals surface area contributed by atoms with Gasteiger partial charge in [0.25, 0.3) is 0 Å². The molecule has 0 radical (unpaired) electrons. The van der Waals surface area contributed by atoms with Crippen LogP contribution in [0, 0.1) is 5.82 Å². The Morgan fingerprint density at radius 2 is 1.18 bits per heavy atom. The summed E-state index contributed by atoms with van der Waals surface area (Å²) in [5, 5.41) is 0.608. The molecule has 0 heterocycles. The highest BCUT2D eigenvalue weighted by molar-refractivity contribution is 9.10. The molecule has 0 aliphatic heterocycles. The topological polar surface area (TPSA) is 3.24 Å². The van der Waals surface area contributed by atoms with E-state index in [1.807, 2.05) is 66.7 Å². The first kappa shape index (κ1) is 22.4. The molecular formula is C30H20BrClFN. The molecule has 34 heavy (non-hydrogen) atoms. The Morgan fingerprint density at radius 1 is 0.588 bits per heavy atom. The van der Waals surface area contributed by atoms with Gasteiger partial charge in [-0.3, -0.25) is 0 Å². The summed E-state index contributed by atoms with van der Waals surface area (Å²) in [6.07, 6.45) is 0. The molecule has 0 aliphatic rings. The van der Waals surface area contributed by atoms with Crippen molar-refractivity contribution in [1.82, 2.24) is 0 Å². The highest BCUT2D eigenvalue weighted by Crippen LogP contribution is 2.47. The van der Waals surface area contributed by atoms with E-state index in [9.17, 15) is 4.39 Å². The maximum absolute atomic E-state index is 14.7. The molecule has 0 spiro atoms. The van der Waals surface area contributed by atoms with Crippen molar-refractivity contribution in [3.8, 4) is 22.3 Å². The smallest absolute Gasteiger partial charge is 0.126 e. The van der Waals surface area contributed by atoms with E-state index in [0.29, 0.717) is 15.2 Å². The molecule has 0 bridgehead atoms. The van der Waals surface area contributed by atoms with Crippen LogP contribution in [0.2, 0.25) is 5.02 Å². The lowest BCUT2D eigenvalue weighted by molar-refractivity contribution is 0.627. The molecule has 5 aromatic rings. The van der Waals surface area contributed by atoms with Gasteiger partial charge in [-0.15, -0.1) is 0 Å². The van der Waals surface area contributed by atoms with Crippen LogP contribution < -0.4 is 4.90 Å². The summed E-state index contributed by atoms with van der Waals surface area (Å²) in [6, 6.07) is 39.3. The van der Waals surface area contributed by atoms with E-state index in [0.717, 1.165) is 33.6 Å². The Balaban J connectivity index is 1.88. The van der Waals surface area contributed by atoms with E-state index in [1.54, 1.807) is 6.07 Å². The summed E-state index contributed by atoms with van der Waals surface area (Å²) in [5.41, 5.74) is 6.67. The monoisotopic (exact) mass is 527 g/mol. The lowest BCUT2D eigenvalue weighted by Crippen LogP contribution is -2.13. The maximum atomic E-state index is 14.7. The van der Waals surface area contributed by atoms with E-state index >= 15 is 0 Å². The lowest BCUT2D eigenvalue weighted by Gasteiger charge is -2.30. The maximum Gasteiger partial charge on any atom is 0.126 e. The number of para-hydroxylation sites is 1. The first-order valence-corrected chi connectivity index (χ1v) is 12.0. The quantitative estimate of drug-likeness (QED) is 0.219. The van der Waals surface area contributed by atoms with Gasteiger partial charge in [0.15, 0.2) is 0 Å². The Morgan fingerprint density at radius 3 is 1.74 bits per heavy atom. The predicted molar refractivity (Wildman–Crippen MR) is 145 cm³/mol. The molecule has 0 saturated carbocycles. The molecule has 4 heteroatoms. The second kappa shape index (κ2) is 9.84. The van der Waals surface area contributed by atoms with E-state index in [2.05, 4.69) is 63.3 Å². The van der Waals surface area contributed by atoms with Crippen molar-refractivity contribution in [1.29, 1.82) is 0 Å². The molecular weight excluding hydrogens is 509 g/mol. The minimum Gasteiger partial charge on any atom is -0.309 e. The molecule has 0 atom stereocenters. The van der Waals surface area contributed by atoms with Gasteiger partial charge >= 0.3 is 0 Å². The third kappa shape index (κ3) is 4.63. The lowest BCUT2D eigenvalue weighted by atomic mass is 9.94. The normalized spacial score (nSPS) is 10.8. The highest BCUT2D eigenvalue weighted by Gasteiger charge is 2.22. The number of anilines is 3. The van der Waals surface area contributed by atoms with Crippen molar-refractivity contribution in [2.75, 3.05) is 4.90 Å². The largest absolute Gasteiger partial charge is 0.309 e. The van der Waals surface area contributed by atoms with Crippen LogP contribution in [-0.4, -0.2) is 0 Å². The zero-order valence-corrected chi connectivity index (χ0v) is 20.5. The van der Waals surface area contributed by atoms with Crippen molar-refractivity contribution in [3.05, 3.63) is 137 Å². The molecule has 5 aromatic carbocycles. The number of hydrogen-bond acceptors (Lipinski definition) is 1. The highest BCUT2D eigenvalue weighted by atomic mass is 79.9. The zero-order chi connectivity index (χ0) is 23.5. The average Bonchev–Trinajstić information content (AvgIpc) is 2.85. The third-order valence-corrected chi connectivity index (χ3v) is 6.29. The van der Waals surface area contributed by atoms with Crippen molar-refractivity contribution < 1.29 is 4.39 Å². The Labute approximate surface area is 212 Å². The van der Waals surface area contributed by atoms with Crippen LogP contribution in [0.1, 0.15) is 0 Å². The molecule has 1 nitrogen and oxygen atoms in total. The van der Waals surface area contributed by atoms with Crippen molar-refractivity contribution in [3.63, 3.8) is 0 Å². The summed E-state index contributed by atoms with van der Waals surface area (Å²) in [5.74, 6) is -0.324. The Bertz CT molecular complexity index is 1360. The predicted octanol–water partition coefficient (Wildman–Crippen LogP) is 10.0. The second-order valence-corrected chi connectivity index (χ2v) is 9.23. The van der Waals surface area contributed by atoms with E-state index in [-0.39, 0.29) is 5.82 Å². The third-order valence-electron chi connectivity index (χ3n) is 5.60. The fraction of sp³-hybridized carbons (Fsp3) is 0. The summed E-state index contributed by atoms with van der Waals surface area (Å²) in [4.78, 5) is 2.07. The molecule has 166 valence electrons. The van der Waals surface area contributed by atoms with Crippen molar-refractivity contribution in [2.24, 2.45) is 0 Å². The van der Waals surface area contributed by atoms with Crippen LogP contribution in [0.5, 0.6) is 0 Å². The standard InChI is InChI=1S/C30H20BrClFN/c31-23-17-25(33)20-27(18-23)34(26-14-7-13-24(32)19-26)30-28(21-9-3-1-4-10-21)15-8-16-29(30)22-11-5-2-6-12-22/h1-20H. The van der Waals surface area contributed by atoms with Gasteiger partial charge in [-0.25, -0.2) is 4.39 Å². The molecule has 0 amide bonds. The minimum absolute atomic E-state index is 0.324. The fourth-order valence-electron chi connectivity index (χ4n) is 4.18. The first-order chi connectivity index (χ1) is 16.6. The van der Waals surface area contributed by atoms with Crippen LogP contribution in [0.3, 0.4) is 0 Å². The van der Waals surface area contributed by atoms with Crippen LogP contribution in [0.4, 0.5) is 21.5 Å². The molecule has 5 rings (SSSR count). The first-order valence-electron chi connectivity index (χ1n) is 10.9. The zero-order valence-electron chi connectivity index (χ0n) is 18.1. The van der Waals surface area contributed by atoms with Crippen LogP contribution in [-0.2, 0) is 0 Å². The van der Waals surface area contributed by atoms with Gasteiger partial charge in [-0.1, -0.05) is 112 Å². The van der Waals surface area contributed by atoms with Gasteiger partial charge in [0.1, 0.15) is 5.82 Å². The molecule has 0 N–H and O–H groups in total. The van der Waals surface area contributed by atoms with Crippen LogP contribution in [0.15, 0.2) is 126 Å². The van der Waals surface area contributed by atoms with Gasteiger partial charge in [0.05, 0.1) is 11.4 Å². The molecule has 0 fully saturated rings. The van der Waals surface area contributed by atoms with E-state index in [1.165, 1.54) is 6.07 Å². The molecule has 0 aromatic heterocycles. The number of benzene rings is 5. The SMILES string of the molecule is Fc1cc(Br)cc(N(c2cccc(Cl)c2)c2c(-c3ccccc3)cccc2-c2ccccc2)c1. The van der Waals surface area contributed by atoms with Crippen molar-refractivity contribution >= 4 is 44.6 Å². The van der Waals surface area contributed by atoms with Crippen LogP contribution >= 0.6 is 27.5 Å². The summed E-state index contributed by atoms with van der Waals surface area (Å²) in [6.45, 7) is 0. The molecule has 0 aliphatic carbocycles. The summed E-state index contributed by atoms with van der Waals surface area (Å²) >= 11 is 9.90. The van der Waals surface area contributed by atoms with Gasteiger partial charge in [0.2, 0.25) is 0 Å². The Hall–Kier alpha value is -3.40. The number of nitrogens with zero attached hydrogens (tertiary/aromatic N) is 1. The van der Waals surface area contributed by atoms with E-state index in [4.69, 9.17) is 11.6 Å². The number of hydrogen-bond donors (Lipinski definition) is 0. The number of halogens is 3. The fourth-order valence-corrected chi connectivity index (χ4v) is 4.81. The van der Waals surface area contributed by atoms with Gasteiger partial charge in [-0.2, -0.15) is 0 Å². The van der Waals surface area contributed by atoms with Gasteiger partial charge in [0, 0.05) is 26.3 Å². The summed E-state index contributed by atoms with van der Waals surface area (Å²) in [7, 11) is 0. The number of rotatable bonds is 5. The second-order valence-electron chi connectivity index (χ2n) is 7.88. The minimum atomic E-state index is -0.324. The van der Waals surface area contributed by atoms with Crippen LogP contribution in [0.25, 0.3) is 22.3 Å². The molecule has 0 unspecified atom stereocenters. The molecule has 0 saturated heterocycles. The Kier molecular flexibility index (Phi) is 6.48. The van der Waals surface area contributed by atoms with Gasteiger partial charge in [-0.05, 0) is 47.5 Å². The van der Waals surface area contributed by atoms with E-state index < -0.39 is 0 Å². The summed E-state index contributed by atoms with van der Waals surface area (Å²) < 4.78 is 15.3. The van der Waals surface area contributed by atoms with Crippen molar-refractivity contribution in [2.45, 2.75) is 0 Å². The average molecular weight is 529 g/mol. The van der Waals surface area contributed by atoms with Gasteiger partial charge < -0.3 is 4.90 Å².